The van der Waals surface area contributed by atoms with Gasteiger partial charge in [0.05, 0.1) is 21.3 Å². The normalized spacial score (nSPS) is 12.3. The van der Waals surface area contributed by atoms with E-state index in [4.69, 9.17) is 0 Å². The quantitative estimate of drug-likeness (QED) is 0.719. The number of rotatable bonds is 6. The highest BCUT2D eigenvalue weighted by Gasteiger charge is 2.18. The molecular weight excluding hydrogens is 340 g/mol. The molecule has 0 unspecified atom stereocenters. The van der Waals surface area contributed by atoms with Crippen molar-refractivity contribution in [3.05, 3.63) is 41.0 Å². The van der Waals surface area contributed by atoms with Crippen LogP contribution in [-0.2, 0) is 0 Å². The molecule has 24 heavy (non-hydrogen) atoms. The summed E-state index contributed by atoms with van der Waals surface area (Å²) in [6.07, 6.45) is 1.73. The summed E-state index contributed by atoms with van der Waals surface area (Å²) in [6, 6.07) is 7.51. The Morgan fingerprint density at radius 1 is 1.29 bits per heavy atom. The first-order valence-electron chi connectivity index (χ1n) is 7.99. The van der Waals surface area contributed by atoms with Gasteiger partial charge in [-0.1, -0.05) is 17.4 Å². The highest BCUT2D eigenvalue weighted by Crippen LogP contribution is 2.34. The maximum Gasteiger partial charge on any atom is 0.262 e. The lowest BCUT2D eigenvalue weighted by atomic mass is 10.2. The fourth-order valence-electron chi connectivity index (χ4n) is 2.44. The van der Waals surface area contributed by atoms with Gasteiger partial charge in [0, 0.05) is 19.3 Å². The number of pyridine rings is 1. The number of thiophene rings is 1. The van der Waals surface area contributed by atoms with Crippen LogP contribution in [0.4, 0.5) is 5.13 Å². The predicted molar refractivity (Wildman–Crippen MR) is 101 cm³/mol. The highest BCUT2D eigenvalue weighted by atomic mass is 32.1. The topological polar surface area (TPSA) is 58.1 Å². The number of hydrogen-bond acceptors (Lipinski definition) is 6. The van der Waals surface area contributed by atoms with Gasteiger partial charge in [-0.05, 0) is 39.0 Å². The minimum Gasteiger partial charge on any atom is -0.349 e. The Labute approximate surface area is 149 Å². The van der Waals surface area contributed by atoms with E-state index in [0.717, 1.165) is 33.4 Å². The molecule has 0 saturated heterocycles. The van der Waals surface area contributed by atoms with E-state index in [0.29, 0.717) is 4.88 Å². The second-order valence-corrected chi connectivity index (χ2v) is 7.44. The summed E-state index contributed by atoms with van der Waals surface area (Å²) in [5.74, 6) is -0.0762. The molecule has 0 spiro atoms. The van der Waals surface area contributed by atoms with Gasteiger partial charge in [-0.25, -0.2) is 4.98 Å². The third-order valence-corrected chi connectivity index (χ3v) is 6.03. The molecule has 0 aliphatic rings. The predicted octanol–water partition coefficient (Wildman–Crippen LogP) is 4.09. The lowest BCUT2D eigenvalue weighted by Gasteiger charge is -2.16. The van der Waals surface area contributed by atoms with E-state index in [-0.39, 0.29) is 11.9 Å². The van der Waals surface area contributed by atoms with E-state index in [1.807, 2.05) is 31.2 Å². The summed E-state index contributed by atoms with van der Waals surface area (Å²) in [5.41, 5.74) is 0.853. The van der Waals surface area contributed by atoms with Gasteiger partial charge >= 0.3 is 0 Å². The first-order chi connectivity index (χ1) is 11.6. The summed E-state index contributed by atoms with van der Waals surface area (Å²) in [5, 5.41) is 4.02. The molecule has 3 aromatic rings. The van der Waals surface area contributed by atoms with Crippen LogP contribution in [0.3, 0.4) is 0 Å². The van der Waals surface area contributed by atoms with E-state index in [1.165, 1.54) is 11.3 Å². The van der Waals surface area contributed by atoms with E-state index in [9.17, 15) is 4.79 Å². The molecule has 0 bridgehead atoms. The molecule has 3 aromatic heterocycles. The number of nitrogens with zero attached hydrogens (tertiary/aromatic N) is 3. The maximum absolute atomic E-state index is 12.5. The van der Waals surface area contributed by atoms with Crippen LogP contribution in [0.15, 0.2) is 30.5 Å². The van der Waals surface area contributed by atoms with Crippen LogP contribution in [0.5, 0.6) is 0 Å². The standard InChI is InChI=1S/C17H20N4OS2/c1-4-21(5-2)17-20-16-14(24-17)10-13(23-16)15(22)19-11(3)12-8-6-7-9-18-12/h6-11H,4-5H2,1-3H3,(H,19,22)/t11-/m0/s1. The Morgan fingerprint density at radius 2 is 2.08 bits per heavy atom. The van der Waals surface area contributed by atoms with Gasteiger partial charge in [0.2, 0.25) is 0 Å². The fraction of sp³-hybridized carbons (Fsp3) is 0.353. The summed E-state index contributed by atoms with van der Waals surface area (Å²) in [7, 11) is 0. The number of anilines is 1. The van der Waals surface area contributed by atoms with Gasteiger partial charge in [0.15, 0.2) is 5.13 Å². The smallest absolute Gasteiger partial charge is 0.262 e. The lowest BCUT2D eigenvalue weighted by Crippen LogP contribution is -2.26. The average Bonchev–Trinajstić information content (AvgIpc) is 3.16. The Bertz CT molecular complexity index is 792. The molecule has 0 aliphatic heterocycles. The zero-order valence-corrected chi connectivity index (χ0v) is 15.6. The number of amides is 1. The van der Waals surface area contributed by atoms with Crippen molar-refractivity contribution in [2.24, 2.45) is 0 Å². The zero-order valence-electron chi connectivity index (χ0n) is 13.9. The minimum atomic E-state index is -0.127. The summed E-state index contributed by atoms with van der Waals surface area (Å²) in [4.78, 5) is 25.3. The Morgan fingerprint density at radius 3 is 2.71 bits per heavy atom. The first kappa shape index (κ1) is 16.9. The third kappa shape index (κ3) is 3.42. The van der Waals surface area contributed by atoms with Crippen LogP contribution in [-0.4, -0.2) is 29.0 Å². The van der Waals surface area contributed by atoms with Crippen LogP contribution in [0.25, 0.3) is 9.53 Å². The lowest BCUT2D eigenvalue weighted by molar-refractivity contribution is 0.0943. The molecule has 0 aromatic carbocycles. The number of carbonyl (C=O) groups is 1. The molecular formula is C17H20N4OS2. The number of aromatic nitrogens is 2. The van der Waals surface area contributed by atoms with Crippen molar-refractivity contribution in [2.75, 3.05) is 18.0 Å². The maximum atomic E-state index is 12.5. The van der Waals surface area contributed by atoms with Crippen LogP contribution >= 0.6 is 22.7 Å². The molecule has 0 fully saturated rings. The Balaban J connectivity index is 1.75. The SMILES string of the molecule is CCN(CC)c1nc2sc(C(=O)N[C@@H](C)c3ccccn3)cc2s1. The summed E-state index contributed by atoms with van der Waals surface area (Å²) >= 11 is 3.08. The molecule has 5 nitrogen and oxygen atoms in total. The van der Waals surface area contributed by atoms with Crippen LogP contribution < -0.4 is 10.2 Å². The third-order valence-electron chi connectivity index (χ3n) is 3.81. The molecule has 0 aliphatic carbocycles. The van der Waals surface area contributed by atoms with Gasteiger partial charge < -0.3 is 10.2 Å². The number of nitrogens with one attached hydrogen (secondary N) is 1. The van der Waals surface area contributed by atoms with Gasteiger partial charge in [-0.2, -0.15) is 0 Å². The molecule has 3 heterocycles. The van der Waals surface area contributed by atoms with E-state index in [1.54, 1.807) is 17.5 Å². The van der Waals surface area contributed by atoms with Crippen molar-refractivity contribution in [3.63, 3.8) is 0 Å². The van der Waals surface area contributed by atoms with Crippen molar-refractivity contribution < 1.29 is 4.79 Å². The molecule has 1 amide bonds. The van der Waals surface area contributed by atoms with Crippen LogP contribution in [0.1, 0.15) is 42.2 Å². The largest absolute Gasteiger partial charge is 0.349 e. The zero-order chi connectivity index (χ0) is 17.1. The molecule has 126 valence electrons. The van der Waals surface area contributed by atoms with Gasteiger partial charge in [-0.3, -0.25) is 9.78 Å². The molecule has 1 N–H and O–H groups in total. The molecule has 7 heteroatoms. The van der Waals surface area contributed by atoms with E-state index >= 15 is 0 Å². The molecule has 3 rings (SSSR count). The fourth-order valence-corrected chi connectivity index (χ4v) is 4.68. The van der Waals surface area contributed by atoms with Crippen molar-refractivity contribution in [3.8, 4) is 0 Å². The molecule has 1 atom stereocenters. The monoisotopic (exact) mass is 360 g/mol. The minimum absolute atomic E-state index is 0.0762. The van der Waals surface area contributed by atoms with Crippen molar-refractivity contribution in [1.29, 1.82) is 0 Å². The Hall–Kier alpha value is -1.99. The highest BCUT2D eigenvalue weighted by molar-refractivity contribution is 7.29. The number of hydrogen-bond donors (Lipinski definition) is 1. The van der Waals surface area contributed by atoms with Crippen molar-refractivity contribution >= 4 is 43.2 Å². The average molecular weight is 361 g/mol. The van der Waals surface area contributed by atoms with Crippen molar-refractivity contribution in [2.45, 2.75) is 26.8 Å². The van der Waals surface area contributed by atoms with E-state index in [2.05, 4.69) is 34.0 Å². The second-order valence-electron chi connectivity index (χ2n) is 5.40. The van der Waals surface area contributed by atoms with Crippen LogP contribution in [0.2, 0.25) is 0 Å². The molecule has 0 radical (unpaired) electrons. The van der Waals surface area contributed by atoms with Gasteiger partial charge in [0.25, 0.3) is 5.91 Å². The Kier molecular flexibility index (Phi) is 5.11. The van der Waals surface area contributed by atoms with Gasteiger partial charge in [-0.15, -0.1) is 11.3 Å². The second kappa shape index (κ2) is 7.27. The summed E-state index contributed by atoms with van der Waals surface area (Å²) < 4.78 is 1.07. The number of fused-ring (bicyclic) bond motifs is 1. The van der Waals surface area contributed by atoms with Gasteiger partial charge in [0.1, 0.15) is 4.83 Å². The number of thiazole rings is 1. The van der Waals surface area contributed by atoms with Crippen molar-refractivity contribution in [1.82, 2.24) is 15.3 Å². The summed E-state index contributed by atoms with van der Waals surface area (Å²) in [6.45, 7) is 8.05. The molecule has 0 saturated carbocycles. The van der Waals surface area contributed by atoms with Crippen LogP contribution in [0, 0.1) is 0 Å². The first-order valence-corrected chi connectivity index (χ1v) is 9.62. The van der Waals surface area contributed by atoms with E-state index < -0.39 is 0 Å². The number of carbonyl (C=O) groups excluding carboxylic acids is 1.